The van der Waals surface area contributed by atoms with Gasteiger partial charge in [-0.3, -0.25) is 4.79 Å². The van der Waals surface area contributed by atoms with Crippen molar-refractivity contribution in [2.75, 3.05) is 0 Å². The second kappa shape index (κ2) is 3.28. The molecular formula is C4H6Cl2O. The summed E-state index contributed by atoms with van der Waals surface area (Å²) in [5.74, 6) is 0. The van der Waals surface area contributed by atoms with E-state index in [1.165, 1.54) is 0 Å². The summed E-state index contributed by atoms with van der Waals surface area (Å²) < 4.78 is 0. The summed E-state index contributed by atoms with van der Waals surface area (Å²) in [7, 11) is 0. The molecule has 1 atom stereocenters. The first-order chi connectivity index (χ1) is 3.13. The van der Waals surface area contributed by atoms with Gasteiger partial charge in [-0.25, -0.2) is 0 Å². The zero-order valence-electron chi connectivity index (χ0n) is 3.95. The van der Waals surface area contributed by atoms with E-state index in [4.69, 9.17) is 23.2 Å². The summed E-state index contributed by atoms with van der Waals surface area (Å²) in [5.41, 5.74) is 0. The van der Waals surface area contributed by atoms with Crippen molar-refractivity contribution in [2.45, 2.75) is 18.7 Å². The molecule has 0 radical (unpaired) electrons. The van der Waals surface area contributed by atoms with Crippen LogP contribution in [-0.4, -0.2) is 10.6 Å². The molecule has 0 aromatic rings. The molecule has 1 nitrogen and oxygen atoms in total. The highest BCUT2D eigenvalue weighted by atomic mass is 35.5. The summed E-state index contributed by atoms with van der Waals surface area (Å²) in [5, 5.41) is -0.507. The molecule has 0 bridgehead atoms. The van der Waals surface area contributed by atoms with Crippen molar-refractivity contribution in [3.05, 3.63) is 0 Å². The largest absolute Gasteiger partial charge is 0.281 e. The molecule has 0 spiro atoms. The molecule has 0 N–H and O–H groups in total. The fourth-order valence-electron chi connectivity index (χ4n) is 0.221. The molecule has 7 heavy (non-hydrogen) atoms. The lowest BCUT2D eigenvalue weighted by Crippen LogP contribution is -1.95. The maximum Gasteiger partial charge on any atom is 0.223 e. The quantitative estimate of drug-likeness (QED) is 0.423. The lowest BCUT2D eigenvalue weighted by atomic mass is 10.4. The molecule has 0 aliphatic carbocycles. The molecule has 0 aromatic heterocycles. The minimum Gasteiger partial charge on any atom is -0.281 e. The Morgan fingerprint density at radius 2 is 2.29 bits per heavy atom. The Labute approximate surface area is 52.6 Å². The Kier molecular flexibility index (Phi) is 3.39. The van der Waals surface area contributed by atoms with Gasteiger partial charge in [0, 0.05) is 11.8 Å². The van der Waals surface area contributed by atoms with Crippen LogP contribution in [0.25, 0.3) is 0 Å². The van der Waals surface area contributed by atoms with E-state index in [1.54, 1.807) is 6.92 Å². The van der Waals surface area contributed by atoms with E-state index >= 15 is 0 Å². The highest BCUT2D eigenvalue weighted by Gasteiger charge is 2.00. The van der Waals surface area contributed by atoms with Crippen molar-refractivity contribution >= 4 is 28.4 Å². The van der Waals surface area contributed by atoms with Gasteiger partial charge in [0.2, 0.25) is 5.24 Å². The van der Waals surface area contributed by atoms with Crippen molar-refractivity contribution in [3.8, 4) is 0 Å². The lowest BCUT2D eigenvalue weighted by molar-refractivity contribution is -0.111. The monoisotopic (exact) mass is 140 g/mol. The summed E-state index contributed by atoms with van der Waals surface area (Å²) in [6.07, 6.45) is 0.253. The van der Waals surface area contributed by atoms with E-state index in [9.17, 15) is 4.79 Å². The Hall–Kier alpha value is 0.250. The minimum atomic E-state index is -0.373. The number of rotatable bonds is 2. The van der Waals surface area contributed by atoms with Gasteiger partial charge in [0.05, 0.1) is 0 Å². The number of hydrogen-bond acceptors (Lipinski definition) is 1. The number of hydrogen-bond donors (Lipinski definition) is 0. The van der Waals surface area contributed by atoms with Crippen LogP contribution in [-0.2, 0) is 4.79 Å². The zero-order chi connectivity index (χ0) is 5.86. The zero-order valence-corrected chi connectivity index (χ0v) is 5.46. The Morgan fingerprint density at radius 1 is 1.86 bits per heavy atom. The molecule has 0 aliphatic rings. The van der Waals surface area contributed by atoms with Crippen molar-refractivity contribution < 1.29 is 4.79 Å². The Morgan fingerprint density at radius 3 is 2.29 bits per heavy atom. The first kappa shape index (κ1) is 7.25. The van der Waals surface area contributed by atoms with E-state index in [-0.39, 0.29) is 17.0 Å². The Bertz CT molecular complexity index is 70.1. The average molecular weight is 141 g/mol. The SMILES string of the molecule is C[C@H](Cl)CC(=O)Cl. The number of alkyl halides is 1. The van der Waals surface area contributed by atoms with E-state index in [0.29, 0.717) is 0 Å². The van der Waals surface area contributed by atoms with Crippen LogP contribution in [0, 0.1) is 0 Å². The molecule has 0 amide bonds. The van der Waals surface area contributed by atoms with Gasteiger partial charge in [0.25, 0.3) is 0 Å². The topological polar surface area (TPSA) is 17.1 Å². The predicted octanol–water partition coefficient (Wildman–Crippen LogP) is 1.77. The van der Waals surface area contributed by atoms with Crippen LogP contribution in [0.15, 0.2) is 0 Å². The summed E-state index contributed by atoms with van der Waals surface area (Å²) >= 11 is 10.3. The van der Waals surface area contributed by atoms with E-state index in [1.807, 2.05) is 0 Å². The molecular weight excluding hydrogens is 135 g/mol. The highest BCUT2D eigenvalue weighted by molar-refractivity contribution is 6.63. The maximum atomic E-state index is 9.94. The van der Waals surface area contributed by atoms with Crippen LogP contribution >= 0.6 is 23.2 Å². The second-order valence-electron chi connectivity index (χ2n) is 1.34. The molecule has 0 saturated carbocycles. The van der Waals surface area contributed by atoms with Gasteiger partial charge in [-0.2, -0.15) is 0 Å². The van der Waals surface area contributed by atoms with Crippen LogP contribution in [0.3, 0.4) is 0 Å². The van der Waals surface area contributed by atoms with Crippen LogP contribution < -0.4 is 0 Å². The van der Waals surface area contributed by atoms with E-state index < -0.39 is 0 Å². The second-order valence-corrected chi connectivity index (χ2v) is 2.51. The normalized spacial score (nSPS) is 13.6. The van der Waals surface area contributed by atoms with Gasteiger partial charge in [0.15, 0.2) is 0 Å². The molecule has 0 fully saturated rings. The van der Waals surface area contributed by atoms with Crippen molar-refractivity contribution in [1.82, 2.24) is 0 Å². The molecule has 0 unspecified atom stereocenters. The summed E-state index contributed by atoms with van der Waals surface area (Å²) in [6, 6.07) is 0. The predicted molar refractivity (Wildman–Crippen MR) is 30.8 cm³/mol. The highest BCUT2D eigenvalue weighted by Crippen LogP contribution is 2.01. The number of halogens is 2. The molecule has 0 rings (SSSR count). The third kappa shape index (κ3) is 6.25. The molecule has 0 saturated heterocycles. The number of carbonyl (C=O) groups excluding carboxylic acids is 1. The smallest absolute Gasteiger partial charge is 0.223 e. The Balaban J connectivity index is 3.13. The minimum absolute atomic E-state index is 0.134. The van der Waals surface area contributed by atoms with Gasteiger partial charge in [-0.15, -0.1) is 11.6 Å². The summed E-state index contributed by atoms with van der Waals surface area (Å²) in [4.78, 5) is 9.94. The van der Waals surface area contributed by atoms with Crippen molar-refractivity contribution in [2.24, 2.45) is 0 Å². The maximum absolute atomic E-state index is 9.94. The van der Waals surface area contributed by atoms with Crippen molar-refractivity contribution in [1.29, 1.82) is 0 Å². The van der Waals surface area contributed by atoms with Crippen LogP contribution in [0.5, 0.6) is 0 Å². The molecule has 0 heterocycles. The fraction of sp³-hybridized carbons (Fsp3) is 0.750. The van der Waals surface area contributed by atoms with Crippen LogP contribution in [0.4, 0.5) is 0 Å². The third-order valence-corrected chi connectivity index (χ3v) is 0.750. The molecule has 42 valence electrons. The lowest BCUT2D eigenvalue weighted by Gasteiger charge is -1.91. The van der Waals surface area contributed by atoms with Crippen molar-refractivity contribution in [3.63, 3.8) is 0 Å². The molecule has 3 heteroatoms. The fourth-order valence-corrected chi connectivity index (χ4v) is 0.672. The van der Waals surface area contributed by atoms with Crippen LogP contribution in [0.1, 0.15) is 13.3 Å². The van der Waals surface area contributed by atoms with Crippen LogP contribution in [0.2, 0.25) is 0 Å². The average Bonchev–Trinajstić information content (AvgIpc) is 1.27. The van der Waals surface area contributed by atoms with Gasteiger partial charge < -0.3 is 0 Å². The first-order valence-electron chi connectivity index (χ1n) is 1.95. The van der Waals surface area contributed by atoms with Gasteiger partial charge in [0.1, 0.15) is 0 Å². The van der Waals surface area contributed by atoms with Gasteiger partial charge in [-0.05, 0) is 18.5 Å². The summed E-state index contributed by atoms with van der Waals surface area (Å²) in [6.45, 7) is 1.72. The van der Waals surface area contributed by atoms with Gasteiger partial charge >= 0.3 is 0 Å². The van der Waals surface area contributed by atoms with Gasteiger partial charge in [-0.1, -0.05) is 0 Å². The number of carbonyl (C=O) groups is 1. The standard InChI is InChI=1S/C4H6Cl2O/c1-3(5)2-4(6)7/h3H,2H2,1H3/t3-/m0/s1. The molecule has 0 aromatic carbocycles. The first-order valence-corrected chi connectivity index (χ1v) is 2.76. The molecule has 0 aliphatic heterocycles. The van der Waals surface area contributed by atoms with E-state index in [2.05, 4.69) is 0 Å². The van der Waals surface area contributed by atoms with E-state index in [0.717, 1.165) is 0 Å². The third-order valence-electron chi connectivity index (χ3n) is 0.442.